The highest BCUT2D eigenvalue weighted by Crippen LogP contribution is 2.24. The molecule has 0 bridgehead atoms. The third-order valence-electron chi connectivity index (χ3n) is 2.55. The van der Waals surface area contributed by atoms with Crippen molar-refractivity contribution in [3.8, 4) is 11.3 Å². The molecule has 0 atom stereocenters. The monoisotopic (exact) mass is 212 g/mol. The molecule has 16 heavy (non-hydrogen) atoms. The summed E-state index contributed by atoms with van der Waals surface area (Å²) in [6.45, 7) is 0. The number of pyridine rings is 1. The van der Waals surface area contributed by atoms with Gasteiger partial charge in [0.2, 0.25) is 0 Å². The van der Waals surface area contributed by atoms with Crippen LogP contribution in [0.2, 0.25) is 0 Å². The summed E-state index contributed by atoms with van der Waals surface area (Å²) >= 11 is 0. The molecular formula is C12H12N4. The maximum atomic E-state index is 4.18. The van der Waals surface area contributed by atoms with E-state index in [1.165, 1.54) is 12.8 Å². The van der Waals surface area contributed by atoms with Gasteiger partial charge in [-0.15, -0.1) is 10.2 Å². The minimum Gasteiger partial charge on any atom is -0.366 e. The third kappa shape index (κ3) is 2.00. The van der Waals surface area contributed by atoms with E-state index in [2.05, 4.69) is 20.5 Å². The number of aromatic nitrogens is 3. The highest BCUT2D eigenvalue weighted by atomic mass is 15.2. The molecule has 1 N–H and O–H groups in total. The Morgan fingerprint density at radius 2 is 2.06 bits per heavy atom. The summed E-state index contributed by atoms with van der Waals surface area (Å²) in [6, 6.07) is 8.42. The lowest BCUT2D eigenvalue weighted by atomic mass is 10.2. The van der Waals surface area contributed by atoms with Crippen LogP contribution in [0.5, 0.6) is 0 Å². The first-order valence-electron chi connectivity index (χ1n) is 5.42. The number of hydrogen-bond acceptors (Lipinski definition) is 4. The summed E-state index contributed by atoms with van der Waals surface area (Å²) in [6.07, 6.45) is 6.02. The third-order valence-corrected chi connectivity index (χ3v) is 2.55. The first kappa shape index (κ1) is 9.27. The SMILES string of the molecule is c1cncc(-c2ccc(NC3CC3)nn2)c1. The van der Waals surface area contributed by atoms with Gasteiger partial charge in [0.15, 0.2) is 0 Å². The largest absolute Gasteiger partial charge is 0.366 e. The second-order valence-electron chi connectivity index (χ2n) is 3.96. The fourth-order valence-corrected chi connectivity index (χ4v) is 1.51. The van der Waals surface area contributed by atoms with Gasteiger partial charge in [0.25, 0.3) is 0 Å². The molecule has 3 rings (SSSR count). The molecule has 80 valence electrons. The van der Waals surface area contributed by atoms with E-state index in [0.29, 0.717) is 6.04 Å². The molecule has 4 heteroatoms. The molecular weight excluding hydrogens is 200 g/mol. The van der Waals surface area contributed by atoms with Gasteiger partial charge in [-0.2, -0.15) is 0 Å². The zero-order valence-corrected chi connectivity index (χ0v) is 8.80. The molecule has 2 heterocycles. The maximum absolute atomic E-state index is 4.18. The predicted molar refractivity (Wildman–Crippen MR) is 61.9 cm³/mol. The summed E-state index contributed by atoms with van der Waals surface area (Å²) in [5, 5.41) is 11.6. The van der Waals surface area contributed by atoms with Crippen LogP contribution in [0, 0.1) is 0 Å². The van der Waals surface area contributed by atoms with Gasteiger partial charge in [0.1, 0.15) is 5.82 Å². The van der Waals surface area contributed by atoms with E-state index in [0.717, 1.165) is 17.1 Å². The van der Waals surface area contributed by atoms with Gasteiger partial charge in [-0.1, -0.05) is 0 Å². The van der Waals surface area contributed by atoms with Crippen LogP contribution in [0.25, 0.3) is 11.3 Å². The van der Waals surface area contributed by atoms with Gasteiger partial charge in [0.05, 0.1) is 5.69 Å². The fourth-order valence-electron chi connectivity index (χ4n) is 1.51. The van der Waals surface area contributed by atoms with Gasteiger partial charge in [-0.25, -0.2) is 0 Å². The first-order chi connectivity index (χ1) is 7.92. The summed E-state index contributed by atoms with van der Waals surface area (Å²) in [5.74, 6) is 0.857. The Bertz CT molecular complexity index is 462. The van der Waals surface area contributed by atoms with Gasteiger partial charge in [-0.05, 0) is 37.1 Å². The Morgan fingerprint density at radius 1 is 1.12 bits per heavy atom. The fraction of sp³-hybridized carbons (Fsp3) is 0.250. The minimum absolute atomic E-state index is 0.610. The molecule has 0 saturated heterocycles. The number of anilines is 1. The van der Waals surface area contributed by atoms with E-state index in [-0.39, 0.29) is 0 Å². The standard InChI is InChI=1S/C12H12N4/c1-2-9(8-13-7-1)11-5-6-12(16-15-11)14-10-3-4-10/h1-2,5-8,10H,3-4H2,(H,14,16). The Kier molecular flexibility index (Phi) is 2.25. The van der Waals surface area contributed by atoms with Crippen LogP contribution in [0.15, 0.2) is 36.7 Å². The van der Waals surface area contributed by atoms with E-state index in [1.807, 2.05) is 24.3 Å². The molecule has 0 unspecified atom stereocenters. The van der Waals surface area contributed by atoms with Gasteiger partial charge in [-0.3, -0.25) is 4.98 Å². The van der Waals surface area contributed by atoms with E-state index in [9.17, 15) is 0 Å². The quantitative estimate of drug-likeness (QED) is 0.846. The molecule has 0 amide bonds. The maximum Gasteiger partial charge on any atom is 0.148 e. The van der Waals surface area contributed by atoms with Crippen molar-refractivity contribution >= 4 is 5.82 Å². The van der Waals surface area contributed by atoms with Crippen molar-refractivity contribution in [3.63, 3.8) is 0 Å². The average Bonchev–Trinajstić information content (AvgIpc) is 3.15. The number of nitrogens with one attached hydrogen (secondary N) is 1. The van der Waals surface area contributed by atoms with Crippen molar-refractivity contribution in [3.05, 3.63) is 36.7 Å². The number of nitrogens with zero attached hydrogens (tertiary/aromatic N) is 3. The molecule has 0 aromatic carbocycles. The summed E-state index contributed by atoms with van der Waals surface area (Å²) in [5.41, 5.74) is 1.85. The normalized spacial score (nSPS) is 14.8. The zero-order valence-electron chi connectivity index (χ0n) is 8.80. The van der Waals surface area contributed by atoms with E-state index in [4.69, 9.17) is 0 Å². The molecule has 4 nitrogen and oxygen atoms in total. The molecule has 1 aliphatic rings. The van der Waals surface area contributed by atoms with Crippen molar-refractivity contribution in [1.29, 1.82) is 0 Å². The summed E-state index contributed by atoms with van der Waals surface area (Å²) in [4.78, 5) is 4.06. The predicted octanol–water partition coefficient (Wildman–Crippen LogP) is 2.11. The summed E-state index contributed by atoms with van der Waals surface area (Å²) < 4.78 is 0. The Balaban J connectivity index is 1.81. The second-order valence-corrected chi connectivity index (χ2v) is 3.96. The van der Waals surface area contributed by atoms with Gasteiger partial charge >= 0.3 is 0 Å². The first-order valence-corrected chi connectivity index (χ1v) is 5.42. The van der Waals surface area contributed by atoms with Crippen molar-refractivity contribution in [2.24, 2.45) is 0 Å². The molecule has 0 aliphatic heterocycles. The van der Waals surface area contributed by atoms with Crippen LogP contribution in [-0.2, 0) is 0 Å². The van der Waals surface area contributed by atoms with Crippen LogP contribution in [0.4, 0.5) is 5.82 Å². The van der Waals surface area contributed by atoms with Gasteiger partial charge < -0.3 is 5.32 Å². The van der Waals surface area contributed by atoms with Gasteiger partial charge in [0, 0.05) is 24.0 Å². The van der Waals surface area contributed by atoms with E-state index in [1.54, 1.807) is 12.4 Å². The van der Waals surface area contributed by atoms with Crippen LogP contribution in [0.3, 0.4) is 0 Å². The molecule has 1 aliphatic carbocycles. The molecule has 1 fully saturated rings. The van der Waals surface area contributed by atoms with Crippen LogP contribution in [0.1, 0.15) is 12.8 Å². The van der Waals surface area contributed by atoms with E-state index >= 15 is 0 Å². The highest BCUT2D eigenvalue weighted by molar-refractivity contribution is 5.58. The lowest BCUT2D eigenvalue weighted by molar-refractivity contribution is 1.00. The van der Waals surface area contributed by atoms with Crippen molar-refractivity contribution in [1.82, 2.24) is 15.2 Å². The van der Waals surface area contributed by atoms with Crippen molar-refractivity contribution in [2.45, 2.75) is 18.9 Å². The molecule has 1 saturated carbocycles. The topological polar surface area (TPSA) is 50.7 Å². The Labute approximate surface area is 93.8 Å². The molecule has 2 aromatic heterocycles. The Hall–Kier alpha value is -1.97. The van der Waals surface area contributed by atoms with E-state index < -0.39 is 0 Å². The summed E-state index contributed by atoms with van der Waals surface area (Å²) in [7, 11) is 0. The zero-order chi connectivity index (χ0) is 10.8. The van der Waals surface area contributed by atoms with Crippen molar-refractivity contribution in [2.75, 3.05) is 5.32 Å². The lowest BCUT2D eigenvalue weighted by Crippen LogP contribution is -2.03. The lowest BCUT2D eigenvalue weighted by Gasteiger charge is -2.03. The highest BCUT2D eigenvalue weighted by Gasteiger charge is 2.21. The van der Waals surface area contributed by atoms with Crippen LogP contribution < -0.4 is 5.32 Å². The molecule has 2 aromatic rings. The second kappa shape index (κ2) is 3.89. The van der Waals surface area contributed by atoms with Crippen molar-refractivity contribution < 1.29 is 0 Å². The van der Waals surface area contributed by atoms with Crippen LogP contribution >= 0.6 is 0 Å². The smallest absolute Gasteiger partial charge is 0.148 e. The molecule has 0 spiro atoms. The minimum atomic E-state index is 0.610. The average molecular weight is 212 g/mol. The molecule has 0 radical (unpaired) electrons. The van der Waals surface area contributed by atoms with Crippen LogP contribution in [-0.4, -0.2) is 21.2 Å². The number of rotatable bonds is 3. The number of hydrogen-bond donors (Lipinski definition) is 1. The Morgan fingerprint density at radius 3 is 2.69 bits per heavy atom.